The number of para-hydroxylation sites is 2. The molecule has 4 rings (SSSR count). The maximum Gasteiger partial charge on any atom is 0.182 e. The van der Waals surface area contributed by atoms with Crippen LogP contribution in [0.4, 0.5) is 5.69 Å². The number of aromatic amines is 1. The second-order valence-electron chi connectivity index (χ2n) is 6.76. The molecule has 29 heavy (non-hydrogen) atoms. The molecule has 0 aliphatic rings. The topological polar surface area (TPSA) is 32.8 Å². The first-order valence-corrected chi connectivity index (χ1v) is 11.2. The summed E-state index contributed by atoms with van der Waals surface area (Å²) in [5.41, 5.74) is 6.96. The molecule has 0 amide bonds. The van der Waals surface area contributed by atoms with Crippen molar-refractivity contribution in [2.45, 2.75) is 13.0 Å². The highest BCUT2D eigenvalue weighted by molar-refractivity contribution is 8.01. The lowest BCUT2D eigenvalue weighted by Crippen LogP contribution is -2.03. The van der Waals surface area contributed by atoms with E-state index < -0.39 is 0 Å². The van der Waals surface area contributed by atoms with E-state index in [-0.39, 0.29) is 0 Å². The molecule has 0 radical (unpaired) electrons. The van der Waals surface area contributed by atoms with Gasteiger partial charge < -0.3 is 10.3 Å². The van der Waals surface area contributed by atoms with Crippen LogP contribution in [0.3, 0.4) is 0 Å². The highest BCUT2D eigenvalue weighted by Crippen LogP contribution is 2.21. The number of rotatable bonds is 7. The van der Waals surface area contributed by atoms with E-state index in [1.807, 2.05) is 18.2 Å². The second kappa shape index (κ2) is 9.16. The first-order chi connectivity index (χ1) is 14.3. The van der Waals surface area contributed by atoms with Gasteiger partial charge in [-0.25, -0.2) is 0 Å². The van der Waals surface area contributed by atoms with Crippen LogP contribution >= 0.6 is 24.0 Å². The molecule has 0 aliphatic carbocycles. The van der Waals surface area contributed by atoms with Crippen molar-refractivity contribution >= 4 is 40.7 Å². The van der Waals surface area contributed by atoms with Gasteiger partial charge in [-0.1, -0.05) is 42.5 Å². The van der Waals surface area contributed by atoms with Gasteiger partial charge in [-0.2, -0.15) is 0 Å². The molecule has 4 aromatic rings. The largest absolute Gasteiger partial charge is 0.381 e. The zero-order chi connectivity index (χ0) is 20.1. The van der Waals surface area contributed by atoms with Crippen LogP contribution in [0.5, 0.6) is 0 Å². The van der Waals surface area contributed by atoms with Gasteiger partial charge in [0, 0.05) is 17.9 Å². The van der Waals surface area contributed by atoms with Gasteiger partial charge in [0.25, 0.3) is 0 Å². The number of hydrogen-bond acceptors (Lipinski definition) is 3. The summed E-state index contributed by atoms with van der Waals surface area (Å²) >= 11 is 7.26. The highest BCUT2D eigenvalue weighted by atomic mass is 32.2. The number of imidazole rings is 1. The Kier molecular flexibility index (Phi) is 6.17. The Balaban J connectivity index is 1.50. The summed E-state index contributed by atoms with van der Waals surface area (Å²) in [7, 11) is 0. The Labute approximate surface area is 180 Å². The van der Waals surface area contributed by atoms with Crippen molar-refractivity contribution in [2.24, 2.45) is 0 Å². The summed E-state index contributed by atoms with van der Waals surface area (Å²) in [5.74, 6) is 0. The molecule has 1 aromatic heterocycles. The lowest BCUT2D eigenvalue weighted by molar-refractivity contribution is 1.06. The molecule has 0 bridgehead atoms. The van der Waals surface area contributed by atoms with Crippen LogP contribution in [-0.2, 0) is 13.0 Å². The quantitative estimate of drug-likeness (QED) is 0.327. The van der Waals surface area contributed by atoms with E-state index in [1.54, 1.807) is 11.8 Å². The fourth-order valence-corrected chi connectivity index (χ4v) is 4.04. The van der Waals surface area contributed by atoms with Gasteiger partial charge in [0.1, 0.15) is 0 Å². The van der Waals surface area contributed by atoms with Crippen LogP contribution in [0, 0.1) is 4.77 Å². The standard InChI is InChI=1S/C24H23N3S2/c1-29-16-6-9-18-7-2-3-8-19(18)17-25-20-12-14-21(15-13-20)27-23-11-5-4-10-22(23)26-24(27)28/h2-8,10-16,25H,9,17H2,1H3,(H,26,28)/b16-6-. The highest BCUT2D eigenvalue weighted by Gasteiger charge is 2.06. The molecule has 0 aliphatic heterocycles. The average Bonchev–Trinajstić information content (AvgIpc) is 3.09. The Morgan fingerprint density at radius 1 is 0.966 bits per heavy atom. The van der Waals surface area contributed by atoms with Crippen molar-refractivity contribution in [3.8, 4) is 5.69 Å². The number of thioether (sulfide) groups is 1. The van der Waals surface area contributed by atoms with E-state index in [0.717, 1.165) is 35.4 Å². The van der Waals surface area contributed by atoms with Crippen molar-refractivity contribution in [2.75, 3.05) is 11.6 Å². The van der Waals surface area contributed by atoms with Gasteiger partial charge in [-0.15, -0.1) is 11.8 Å². The summed E-state index contributed by atoms with van der Waals surface area (Å²) in [6.07, 6.45) is 5.25. The van der Waals surface area contributed by atoms with Crippen LogP contribution in [0.15, 0.2) is 84.3 Å². The molecular formula is C24H23N3S2. The molecule has 3 aromatic carbocycles. The van der Waals surface area contributed by atoms with Gasteiger partial charge in [0.2, 0.25) is 0 Å². The van der Waals surface area contributed by atoms with E-state index >= 15 is 0 Å². The van der Waals surface area contributed by atoms with Gasteiger partial charge in [0.15, 0.2) is 4.77 Å². The van der Waals surface area contributed by atoms with Crippen LogP contribution in [0.25, 0.3) is 16.7 Å². The molecule has 0 fully saturated rings. The molecule has 0 saturated carbocycles. The summed E-state index contributed by atoms with van der Waals surface area (Å²) in [4.78, 5) is 3.27. The molecule has 0 atom stereocenters. The molecule has 2 N–H and O–H groups in total. The van der Waals surface area contributed by atoms with E-state index in [4.69, 9.17) is 12.2 Å². The third-order valence-corrected chi connectivity index (χ3v) is 5.64. The fourth-order valence-electron chi connectivity index (χ4n) is 3.44. The molecule has 0 saturated heterocycles. The van der Waals surface area contributed by atoms with Gasteiger partial charge in [-0.05, 0) is 77.8 Å². The first kappa shape index (κ1) is 19.6. The SMILES string of the molecule is CS/C=C\Cc1ccccc1CNc1ccc(-n2c(=S)[nH]c3ccccc32)cc1. The minimum Gasteiger partial charge on any atom is -0.381 e. The van der Waals surface area contributed by atoms with E-state index in [9.17, 15) is 0 Å². The molecule has 3 nitrogen and oxygen atoms in total. The zero-order valence-corrected chi connectivity index (χ0v) is 17.9. The third-order valence-electron chi connectivity index (χ3n) is 4.89. The van der Waals surface area contributed by atoms with Crippen molar-refractivity contribution in [3.63, 3.8) is 0 Å². The number of nitrogens with one attached hydrogen (secondary N) is 2. The van der Waals surface area contributed by atoms with Crippen LogP contribution in [0.1, 0.15) is 11.1 Å². The Morgan fingerprint density at radius 3 is 2.48 bits per heavy atom. The molecule has 5 heteroatoms. The van der Waals surface area contributed by atoms with Crippen LogP contribution < -0.4 is 5.32 Å². The van der Waals surface area contributed by atoms with E-state index in [1.165, 1.54) is 11.1 Å². The minimum atomic E-state index is 0.708. The number of H-pyrrole nitrogens is 1. The number of hydrogen-bond donors (Lipinski definition) is 2. The van der Waals surface area contributed by atoms with Crippen LogP contribution in [-0.4, -0.2) is 15.8 Å². The Morgan fingerprint density at radius 2 is 1.69 bits per heavy atom. The third kappa shape index (κ3) is 4.47. The number of fused-ring (bicyclic) bond motifs is 1. The summed E-state index contributed by atoms with van der Waals surface area (Å²) in [5, 5.41) is 5.68. The monoisotopic (exact) mass is 417 g/mol. The summed E-state index contributed by atoms with van der Waals surface area (Å²) in [6, 6.07) is 25.2. The lowest BCUT2D eigenvalue weighted by atomic mass is 10.0. The van der Waals surface area contributed by atoms with Crippen LogP contribution in [0.2, 0.25) is 0 Å². The maximum atomic E-state index is 5.53. The fraction of sp³-hybridized carbons (Fsp3) is 0.125. The Bertz CT molecular complexity index is 1190. The molecule has 0 spiro atoms. The van der Waals surface area contributed by atoms with Gasteiger partial charge in [0.05, 0.1) is 11.0 Å². The van der Waals surface area contributed by atoms with Crippen molar-refractivity contribution < 1.29 is 0 Å². The molecule has 146 valence electrons. The maximum absolute atomic E-state index is 5.53. The predicted molar refractivity (Wildman–Crippen MR) is 129 cm³/mol. The minimum absolute atomic E-state index is 0.708. The average molecular weight is 418 g/mol. The molecule has 0 unspecified atom stereocenters. The van der Waals surface area contributed by atoms with Crippen molar-refractivity contribution in [1.82, 2.24) is 9.55 Å². The van der Waals surface area contributed by atoms with E-state index in [0.29, 0.717) is 4.77 Å². The number of benzene rings is 3. The van der Waals surface area contributed by atoms with E-state index in [2.05, 4.69) is 87.2 Å². The summed E-state index contributed by atoms with van der Waals surface area (Å²) in [6.45, 7) is 0.801. The number of nitrogens with zero attached hydrogens (tertiary/aromatic N) is 1. The van der Waals surface area contributed by atoms with Gasteiger partial charge in [-0.3, -0.25) is 4.57 Å². The van der Waals surface area contributed by atoms with Crippen molar-refractivity contribution in [3.05, 3.63) is 100 Å². The lowest BCUT2D eigenvalue weighted by Gasteiger charge is -2.11. The predicted octanol–water partition coefficient (Wildman–Crippen LogP) is 6.72. The first-order valence-electron chi connectivity index (χ1n) is 9.55. The number of aromatic nitrogens is 2. The number of anilines is 1. The molecular weight excluding hydrogens is 394 g/mol. The zero-order valence-electron chi connectivity index (χ0n) is 16.3. The Hall–Kier alpha value is -2.76. The normalized spacial score (nSPS) is 11.3. The van der Waals surface area contributed by atoms with Gasteiger partial charge >= 0.3 is 0 Å². The summed E-state index contributed by atoms with van der Waals surface area (Å²) < 4.78 is 2.78. The smallest absolute Gasteiger partial charge is 0.182 e. The second-order valence-corrected chi connectivity index (χ2v) is 7.89. The molecule has 1 heterocycles. The number of allylic oxidation sites excluding steroid dienone is 1. The van der Waals surface area contributed by atoms with Crippen molar-refractivity contribution in [1.29, 1.82) is 0 Å².